The van der Waals surface area contributed by atoms with E-state index in [1.807, 2.05) is 12.1 Å². The van der Waals surface area contributed by atoms with Gasteiger partial charge in [-0.1, -0.05) is 25.5 Å². The number of unbranched alkanes of at least 4 members (excludes halogenated alkanes) is 1. The predicted molar refractivity (Wildman–Crippen MR) is 91.8 cm³/mol. The Labute approximate surface area is 137 Å². The molecule has 0 aliphatic heterocycles. The van der Waals surface area contributed by atoms with Gasteiger partial charge in [-0.25, -0.2) is 0 Å². The highest BCUT2D eigenvalue weighted by atomic mass is 32.2. The van der Waals surface area contributed by atoms with E-state index in [9.17, 15) is 8.42 Å². The number of hydrogen-bond donors (Lipinski definition) is 1. The molecule has 0 radical (unpaired) electrons. The molecule has 1 heterocycles. The maximum absolute atomic E-state index is 12.3. The van der Waals surface area contributed by atoms with Crippen LogP contribution in [0, 0.1) is 0 Å². The number of hydrogen-bond acceptors (Lipinski definition) is 4. The molecule has 5 nitrogen and oxygen atoms in total. The van der Waals surface area contributed by atoms with E-state index in [1.54, 1.807) is 43.6 Å². The zero-order valence-electron chi connectivity index (χ0n) is 13.4. The zero-order valence-corrected chi connectivity index (χ0v) is 14.2. The van der Waals surface area contributed by atoms with Crippen molar-refractivity contribution >= 4 is 15.7 Å². The Balaban J connectivity index is 2.09. The predicted octanol–water partition coefficient (Wildman–Crippen LogP) is 3.13. The molecule has 0 aliphatic rings. The van der Waals surface area contributed by atoms with Crippen molar-refractivity contribution < 1.29 is 8.42 Å². The van der Waals surface area contributed by atoms with Crippen LogP contribution in [0.3, 0.4) is 0 Å². The number of nitrogens with one attached hydrogen (secondary N) is 1. The fourth-order valence-corrected chi connectivity index (χ4v) is 2.91. The van der Waals surface area contributed by atoms with E-state index >= 15 is 0 Å². The van der Waals surface area contributed by atoms with Crippen molar-refractivity contribution in [3.05, 3.63) is 59.9 Å². The average molecular weight is 331 g/mol. The summed E-state index contributed by atoms with van der Waals surface area (Å²) in [5, 5.41) is 3.97. The Hall–Kier alpha value is -2.21. The van der Waals surface area contributed by atoms with Crippen molar-refractivity contribution in [1.29, 1.82) is 0 Å². The second kappa shape index (κ2) is 7.87. The Kier molecular flexibility index (Phi) is 5.87. The molecule has 0 fully saturated rings. The molecule has 1 N–H and O–H groups in total. The number of nitrogens with zero attached hydrogens (tertiary/aromatic N) is 2. The SMILES string of the molecule is CCCCc1ccc(S(=O)(=O)N/N=C(\C)c2ccncc2)cc1. The van der Waals surface area contributed by atoms with Crippen LogP contribution in [-0.4, -0.2) is 19.1 Å². The number of rotatable bonds is 7. The number of pyridine rings is 1. The molecule has 6 heteroatoms. The van der Waals surface area contributed by atoms with Crippen molar-refractivity contribution in [3.63, 3.8) is 0 Å². The van der Waals surface area contributed by atoms with Gasteiger partial charge in [-0.15, -0.1) is 0 Å². The summed E-state index contributed by atoms with van der Waals surface area (Å²) >= 11 is 0. The molecule has 0 bridgehead atoms. The maximum atomic E-state index is 12.3. The standard InChI is InChI=1S/C17H21N3O2S/c1-3-4-5-15-6-8-17(9-7-15)23(21,22)20-19-14(2)16-10-12-18-13-11-16/h6-13,20H,3-5H2,1-2H3/b19-14+. The number of aromatic nitrogens is 1. The quantitative estimate of drug-likeness (QED) is 0.626. The molecular formula is C17H21N3O2S. The van der Waals surface area contributed by atoms with E-state index in [0.29, 0.717) is 5.71 Å². The van der Waals surface area contributed by atoms with Crippen molar-refractivity contribution in [3.8, 4) is 0 Å². The van der Waals surface area contributed by atoms with Gasteiger partial charge >= 0.3 is 0 Å². The first-order valence-corrected chi connectivity index (χ1v) is 9.06. The van der Waals surface area contributed by atoms with Crippen LogP contribution >= 0.6 is 0 Å². The molecule has 0 aliphatic carbocycles. The topological polar surface area (TPSA) is 71.4 Å². The third-order valence-corrected chi connectivity index (χ3v) is 4.71. The van der Waals surface area contributed by atoms with Crippen LogP contribution in [0.15, 0.2) is 58.8 Å². The molecule has 2 aromatic rings. The fraction of sp³-hybridized carbons (Fsp3) is 0.294. The molecule has 1 aromatic carbocycles. The smallest absolute Gasteiger partial charge is 0.265 e. The summed E-state index contributed by atoms with van der Waals surface area (Å²) in [6.07, 6.45) is 6.45. The number of aryl methyl sites for hydroxylation is 1. The highest BCUT2D eigenvalue weighted by molar-refractivity contribution is 7.89. The van der Waals surface area contributed by atoms with E-state index in [0.717, 1.165) is 30.4 Å². The van der Waals surface area contributed by atoms with Gasteiger partial charge in [0.25, 0.3) is 10.0 Å². The second-order valence-corrected chi connectivity index (χ2v) is 6.94. The Bertz CT molecular complexity index is 754. The molecule has 0 unspecified atom stereocenters. The lowest BCUT2D eigenvalue weighted by Crippen LogP contribution is -2.20. The number of benzene rings is 1. The van der Waals surface area contributed by atoms with Gasteiger partial charge in [0.05, 0.1) is 10.6 Å². The van der Waals surface area contributed by atoms with E-state index in [-0.39, 0.29) is 4.90 Å². The molecule has 0 spiro atoms. The molecule has 2 rings (SSSR count). The highest BCUT2D eigenvalue weighted by Crippen LogP contribution is 2.12. The van der Waals surface area contributed by atoms with Gasteiger partial charge in [0.1, 0.15) is 0 Å². The van der Waals surface area contributed by atoms with Crippen molar-refractivity contribution in [2.75, 3.05) is 0 Å². The minimum Gasteiger partial charge on any atom is -0.265 e. The van der Waals surface area contributed by atoms with E-state index in [1.165, 1.54) is 0 Å². The van der Waals surface area contributed by atoms with Crippen LogP contribution in [0.1, 0.15) is 37.8 Å². The van der Waals surface area contributed by atoms with Crippen LogP contribution in [-0.2, 0) is 16.4 Å². The minimum atomic E-state index is -3.65. The number of hydrazone groups is 1. The first-order valence-electron chi connectivity index (χ1n) is 7.58. The summed E-state index contributed by atoms with van der Waals surface area (Å²) in [5.74, 6) is 0. The maximum Gasteiger partial charge on any atom is 0.276 e. The van der Waals surface area contributed by atoms with Gasteiger partial charge in [-0.05, 0) is 49.6 Å². The molecular weight excluding hydrogens is 310 g/mol. The van der Waals surface area contributed by atoms with Crippen molar-refractivity contribution in [2.45, 2.75) is 38.0 Å². The highest BCUT2D eigenvalue weighted by Gasteiger charge is 2.12. The van der Waals surface area contributed by atoms with E-state index in [4.69, 9.17) is 0 Å². The normalized spacial score (nSPS) is 12.2. The van der Waals surface area contributed by atoms with Crippen LogP contribution in [0.4, 0.5) is 0 Å². The van der Waals surface area contributed by atoms with E-state index in [2.05, 4.69) is 21.8 Å². The molecule has 0 saturated carbocycles. The summed E-state index contributed by atoms with van der Waals surface area (Å²) in [4.78, 5) is 6.41. The van der Waals surface area contributed by atoms with Gasteiger partial charge in [0, 0.05) is 18.0 Å². The lowest BCUT2D eigenvalue weighted by atomic mass is 10.1. The molecule has 23 heavy (non-hydrogen) atoms. The molecule has 1 aromatic heterocycles. The van der Waals surface area contributed by atoms with Gasteiger partial charge in [-0.2, -0.15) is 18.4 Å². The first kappa shape index (κ1) is 17.1. The van der Waals surface area contributed by atoms with Gasteiger partial charge in [0.15, 0.2) is 0 Å². The van der Waals surface area contributed by atoms with Crippen LogP contribution in [0.25, 0.3) is 0 Å². The van der Waals surface area contributed by atoms with E-state index < -0.39 is 10.0 Å². The van der Waals surface area contributed by atoms with Gasteiger partial charge < -0.3 is 0 Å². The minimum absolute atomic E-state index is 0.212. The zero-order chi connectivity index (χ0) is 16.7. The van der Waals surface area contributed by atoms with Gasteiger partial charge in [0.2, 0.25) is 0 Å². The lowest BCUT2D eigenvalue weighted by molar-refractivity contribution is 0.584. The molecule has 122 valence electrons. The fourth-order valence-electron chi connectivity index (χ4n) is 2.06. The second-order valence-electron chi connectivity index (χ2n) is 5.28. The molecule has 0 atom stereocenters. The summed E-state index contributed by atoms with van der Waals surface area (Å²) in [6.45, 7) is 3.87. The third-order valence-electron chi connectivity index (χ3n) is 3.48. The summed E-state index contributed by atoms with van der Waals surface area (Å²) in [6, 6.07) is 10.5. The van der Waals surface area contributed by atoms with Crippen LogP contribution in [0.5, 0.6) is 0 Å². The molecule has 0 saturated heterocycles. The summed E-state index contributed by atoms with van der Waals surface area (Å²) in [5.41, 5.74) is 2.54. The van der Waals surface area contributed by atoms with Crippen LogP contribution < -0.4 is 4.83 Å². The lowest BCUT2D eigenvalue weighted by Gasteiger charge is -2.06. The Morgan fingerprint density at radius 3 is 2.39 bits per heavy atom. The first-order chi connectivity index (χ1) is 11.0. The largest absolute Gasteiger partial charge is 0.276 e. The summed E-state index contributed by atoms with van der Waals surface area (Å²) < 4.78 is 24.5. The Morgan fingerprint density at radius 1 is 1.13 bits per heavy atom. The van der Waals surface area contributed by atoms with Crippen LogP contribution in [0.2, 0.25) is 0 Å². The number of sulfonamides is 1. The van der Waals surface area contributed by atoms with Crippen molar-refractivity contribution in [2.24, 2.45) is 5.10 Å². The van der Waals surface area contributed by atoms with Gasteiger partial charge in [-0.3, -0.25) is 4.98 Å². The molecule has 0 amide bonds. The third kappa shape index (κ3) is 4.89. The summed E-state index contributed by atoms with van der Waals surface area (Å²) in [7, 11) is -3.65. The average Bonchev–Trinajstić information content (AvgIpc) is 2.59. The van der Waals surface area contributed by atoms with Crippen molar-refractivity contribution in [1.82, 2.24) is 9.82 Å². The monoisotopic (exact) mass is 331 g/mol. The Morgan fingerprint density at radius 2 is 1.78 bits per heavy atom.